The molecule has 0 aromatic heterocycles. The summed E-state index contributed by atoms with van der Waals surface area (Å²) in [6, 6.07) is 11.8. The number of Topliss-reactive ketones (excluding diaryl/α,β-unsaturated/α-hetero) is 1. The van der Waals surface area contributed by atoms with Crippen LogP contribution in [0, 0.1) is 5.92 Å². The molecule has 0 aliphatic heterocycles. The van der Waals surface area contributed by atoms with Crippen LogP contribution in [-0.2, 0) is 11.2 Å². The number of carbonyl (C=O) groups is 1. The molecule has 2 aromatic rings. The van der Waals surface area contributed by atoms with Gasteiger partial charge in [-0.15, -0.1) is 0 Å². The van der Waals surface area contributed by atoms with Gasteiger partial charge in [-0.25, -0.2) is 0 Å². The summed E-state index contributed by atoms with van der Waals surface area (Å²) < 4.78 is 0. The second-order valence-corrected chi connectivity index (χ2v) is 5.41. The largest absolute Gasteiger partial charge is 0.507 e. The van der Waals surface area contributed by atoms with E-state index in [1.165, 1.54) is 0 Å². The van der Waals surface area contributed by atoms with Crippen molar-refractivity contribution < 1.29 is 9.90 Å². The van der Waals surface area contributed by atoms with E-state index in [2.05, 4.69) is 0 Å². The van der Waals surface area contributed by atoms with E-state index in [1.54, 1.807) is 0 Å². The van der Waals surface area contributed by atoms with Gasteiger partial charge in [-0.1, -0.05) is 42.8 Å². The maximum Gasteiger partial charge on any atom is 0.136 e. The molecular formula is C17H18O2. The van der Waals surface area contributed by atoms with Crippen molar-refractivity contribution in [1.29, 1.82) is 0 Å². The van der Waals surface area contributed by atoms with Crippen molar-refractivity contribution >= 4 is 16.6 Å². The number of rotatable bonds is 2. The van der Waals surface area contributed by atoms with Gasteiger partial charge in [0.15, 0.2) is 0 Å². The van der Waals surface area contributed by atoms with Crippen molar-refractivity contribution in [3.8, 4) is 5.75 Å². The second kappa shape index (κ2) is 5.04. The normalized spacial score (nSPS) is 19.8. The van der Waals surface area contributed by atoms with Gasteiger partial charge in [0.2, 0.25) is 0 Å². The Morgan fingerprint density at radius 1 is 1.11 bits per heavy atom. The monoisotopic (exact) mass is 254 g/mol. The fourth-order valence-corrected chi connectivity index (χ4v) is 3.00. The molecule has 19 heavy (non-hydrogen) atoms. The number of benzene rings is 2. The lowest BCUT2D eigenvalue weighted by Gasteiger charge is -2.21. The first kappa shape index (κ1) is 12.2. The fraction of sp³-hybridized carbons (Fsp3) is 0.353. The van der Waals surface area contributed by atoms with Crippen molar-refractivity contribution in [2.24, 2.45) is 5.92 Å². The molecule has 0 amide bonds. The van der Waals surface area contributed by atoms with Gasteiger partial charge in [0, 0.05) is 17.7 Å². The van der Waals surface area contributed by atoms with Gasteiger partial charge in [0.1, 0.15) is 11.5 Å². The summed E-state index contributed by atoms with van der Waals surface area (Å²) in [6.07, 6.45) is 4.50. The van der Waals surface area contributed by atoms with Gasteiger partial charge in [-0.3, -0.25) is 4.79 Å². The van der Waals surface area contributed by atoms with Crippen LogP contribution in [0.2, 0.25) is 0 Å². The van der Waals surface area contributed by atoms with Crippen LogP contribution >= 0.6 is 0 Å². The van der Waals surface area contributed by atoms with Crippen LogP contribution in [-0.4, -0.2) is 10.9 Å². The zero-order valence-electron chi connectivity index (χ0n) is 10.9. The predicted molar refractivity (Wildman–Crippen MR) is 76.3 cm³/mol. The summed E-state index contributed by atoms with van der Waals surface area (Å²) in [5.41, 5.74) is 0.902. The summed E-state index contributed by atoms with van der Waals surface area (Å²) >= 11 is 0. The Bertz CT molecular complexity index is 616. The number of hydrogen-bond donors (Lipinski definition) is 1. The lowest BCUT2D eigenvalue weighted by Crippen LogP contribution is -2.21. The van der Waals surface area contributed by atoms with Crippen LogP contribution in [0.25, 0.3) is 10.8 Å². The van der Waals surface area contributed by atoms with E-state index < -0.39 is 0 Å². The van der Waals surface area contributed by atoms with E-state index >= 15 is 0 Å². The summed E-state index contributed by atoms with van der Waals surface area (Å²) in [6.45, 7) is 0. The smallest absolute Gasteiger partial charge is 0.136 e. The lowest BCUT2D eigenvalue weighted by molar-refractivity contribution is -0.124. The molecule has 2 heteroatoms. The van der Waals surface area contributed by atoms with Gasteiger partial charge in [0.25, 0.3) is 0 Å². The van der Waals surface area contributed by atoms with E-state index in [9.17, 15) is 9.90 Å². The first-order chi connectivity index (χ1) is 9.25. The van der Waals surface area contributed by atoms with E-state index in [-0.39, 0.29) is 5.92 Å². The molecular weight excluding hydrogens is 236 g/mol. The molecule has 1 saturated carbocycles. The van der Waals surface area contributed by atoms with Gasteiger partial charge in [-0.2, -0.15) is 0 Å². The SMILES string of the molecule is O=C1CCCCC1Cc1ccc2ccccc2c1O. The van der Waals surface area contributed by atoms with Crippen molar-refractivity contribution in [2.75, 3.05) is 0 Å². The molecule has 1 unspecified atom stereocenters. The summed E-state index contributed by atoms with van der Waals surface area (Å²) in [5.74, 6) is 0.802. The fourth-order valence-electron chi connectivity index (χ4n) is 3.00. The Kier molecular flexibility index (Phi) is 3.24. The number of fused-ring (bicyclic) bond motifs is 1. The number of hydrogen-bond acceptors (Lipinski definition) is 2. The maximum absolute atomic E-state index is 11.9. The highest BCUT2D eigenvalue weighted by Crippen LogP contribution is 2.32. The lowest BCUT2D eigenvalue weighted by atomic mass is 9.83. The summed E-state index contributed by atoms with van der Waals surface area (Å²) in [5, 5.41) is 12.3. The first-order valence-electron chi connectivity index (χ1n) is 6.98. The zero-order chi connectivity index (χ0) is 13.2. The van der Waals surface area contributed by atoms with Crippen molar-refractivity contribution in [1.82, 2.24) is 0 Å². The van der Waals surface area contributed by atoms with Crippen molar-refractivity contribution in [3.05, 3.63) is 42.0 Å². The molecule has 0 bridgehead atoms. The molecule has 0 radical (unpaired) electrons. The van der Waals surface area contributed by atoms with Gasteiger partial charge in [0.05, 0.1) is 0 Å². The van der Waals surface area contributed by atoms with Crippen LogP contribution in [0.15, 0.2) is 36.4 Å². The molecule has 1 atom stereocenters. The Morgan fingerprint density at radius 3 is 2.79 bits per heavy atom. The minimum Gasteiger partial charge on any atom is -0.507 e. The van der Waals surface area contributed by atoms with Gasteiger partial charge in [-0.05, 0) is 30.2 Å². The quantitative estimate of drug-likeness (QED) is 0.884. The molecule has 2 nitrogen and oxygen atoms in total. The van der Waals surface area contributed by atoms with Crippen LogP contribution in [0.4, 0.5) is 0 Å². The Balaban J connectivity index is 1.92. The summed E-state index contributed by atoms with van der Waals surface area (Å²) in [4.78, 5) is 11.9. The average molecular weight is 254 g/mol. The number of carbonyl (C=O) groups excluding carboxylic acids is 1. The first-order valence-corrected chi connectivity index (χ1v) is 6.98. The molecule has 3 rings (SSSR count). The van der Waals surface area contributed by atoms with E-state index in [1.807, 2.05) is 36.4 Å². The Hall–Kier alpha value is -1.83. The third kappa shape index (κ3) is 2.35. The zero-order valence-corrected chi connectivity index (χ0v) is 10.9. The van der Waals surface area contributed by atoms with Gasteiger partial charge >= 0.3 is 0 Å². The predicted octanol–water partition coefficient (Wildman–Crippen LogP) is 3.85. The molecule has 0 spiro atoms. The molecule has 1 N–H and O–H groups in total. The number of ketones is 1. The highest BCUT2D eigenvalue weighted by Gasteiger charge is 2.23. The highest BCUT2D eigenvalue weighted by atomic mass is 16.3. The Morgan fingerprint density at radius 2 is 1.95 bits per heavy atom. The van der Waals surface area contributed by atoms with Crippen LogP contribution < -0.4 is 0 Å². The number of phenols is 1. The number of phenolic OH excluding ortho intramolecular Hbond substituents is 1. The third-order valence-electron chi connectivity index (χ3n) is 4.13. The second-order valence-electron chi connectivity index (χ2n) is 5.41. The van der Waals surface area contributed by atoms with Crippen LogP contribution in [0.5, 0.6) is 5.75 Å². The van der Waals surface area contributed by atoms with Crippen LogP contribution in [0.3, 0.4) is 0 Å². The van der Waals surface area contributed by atoms with Crippen molar-refractivity contribution in [3.63, 3.8) is 0 Å². The van der Waals surface area contributed by atoms with E-state index in [4.69, 9.17) is 0 Å². The van der Waals surface area contributed by atoms with Crippen LogP contribution in [0.1, 0.15) is 31.2 Å². The maximum atomic E-state index is 11.9. The molecule has 98 valence electrons. The Labute approximate surface area is 113 Å². The van der Waals surface area contributed by atoms with E-state index in [0.29, 0.717) is 24.4 Å². The minimum atomic E-state index is 0.0980. The molecule has 1 aliphatic carbocycles. The average Bonchev–Trinajstić information content (AvgIpc) is 2.44. The van der Waals surface area contributed by atoms with Gasteiger partial charge < -0.3 is 5.11 Å². The highest BCUT2D eigenvalue weighted by molar-refractivity contribution is 5.89. The summed E-state index contributed by atoms with van der Waals surface area (Å²) in [7, 11) is 0. The molecule has 2 aromatic carbocycles. The van der Waals surface area contributed by atoms with Crippen molar-refractivity contribution in [2.45, 2.75) is 32.1 Å². The number of aromatic hydroxyl groups is 1. The molecule has 0 saturated heterocycles. The topological polar surface area (TPSA) is 37.3 Å². The third-order valence-corrected chi connectivity index (χ3v) is 4.13. The van der Waals surface area contributed by atoms with E-state index in [0.717, 1.165) is 35.6 Å². The minimum absolute atomic E-state index is 0.0980. The standard InChI is InChI=1S/C17H18O2/c18-16-8-4-2-6-13(16)11-14-10-9-12-5-1-3-7-15(12)17(14)19/h1,3,5,7,9-10,13,19H,2,4,6,8,11H2. The molecule has 0 heterocycles. The molecule has 1 fully saturated rings. The molecule has 1 aliphatic rings.